The highest BCUT2D eigenvalue weighted by atomic mass is 79.9. The highest BCUT2D eigenvalue weighted by molar-refractivity contribution is 9.10. The van der Waals surface area contributed by atoms with Crippen LogP contribution in [0.15, 0.2) is 126 Å². The van der Waals surface area contributed by atoms with E-state index in [1.54, 1.807) is 11.3 Å². The Hall–Kier alpha value is -4.82. The maximum absolute atomic E-state index is 5.53. The Bertz CT molecular complexity index is 2290. The number of hydrogen-bond donors (Lipinski definition) is 3. The number of hydrogen-bond acceptors (Lipinski definition) is 4. The lowest BCUT2D eigenvalue weighted by molar-refractivity contribution is 1.32. The average Bonchev–Trinajstić information content (AvgIpc) is 3.50. The van der Waals surface area contributed by atoms with Gasteiger partial charge in [-0.2, -0.15) is 0 Å². The van der Waals surface area contributed by atoms with Gasteiger partial charge in [0.05, 0.1) is 15.9 Å². The molecule has 7 rings (SSSR count). The van der Waals surface area contributed by atoms with Crippen LogP contribution in [-0.4, -0.2) is 10.1 Å². The van der Waals surface area contributed by atoms with E-state index in [0.717, 1.165) is 37.7 Å². The molecule has 0 aliphatic rings. The molecule has 0 fully saturated rings. The Morgan fingerprint density at radius 3 is 1.69 bits per heavy atom. The van der Waals surface area contributed by atoms with Crippen molar-refractivity contribution < 1.29 is 0 Å². The van der Waals surface area contributed by atoms with Crippen molar-refractivity contribution in [1.29, 1.82) is 0 Å². The number of aromatic nitrogens is 1. The Labute approximate surface area is 319 Å². The number of nitrogens with zero attached hydrogens (tertiary/aromatic N) is 1. The topological polar surface area (TPSA) is 49.0 Å². The number of thiocarbonyl (C=S) groups is 1. The molecule has 0 unspecified atom stereocenters. The van der Waals surface area contributed by atoms with Crippen LogP contribution in [0.1, 0.15) is 33.4 Å². The predicted octanol–water partition coefficient (Wildman–Crippen LogP) is 13.5. The molecule has 0 aliphatic carbocycles. The molecule has 0 spiro atoms. The molecule has 1 heterocycles. The molecule has 0 saturated heterocycles. The Morgan fingerprint density at radius 1 is 0.588 bits per heavy atom. The monoisotopic (exact) mass is 768 g/mol. The SMILES string of the molecule is Cc1cc(C)c(-c2cccc(Br)c2NC(=S)Nc2ccccc2)c(C)c1.Cc1cc(C)c(-c2cccc3sc(Nc4ccccc4)nc23)c(C)c1. The molecular weight excluding hydrogens is 729 g/mol. The lowest BCUT2D eigenvalue weighted by Gasteiger charge is -2.19. The van der Waals surface area contributed by atoms with E-state index in [9.17, 15) is 0 Å². The minimum atomic E-state index is 0.562. The Kier molecular flexibility index (Phi) is 11.3. The zero-order valence-corrected chi connectivity index (χ0v) is 32.9. The van der Waals surface area contributed by atoms with Crippen molar-refractivity contribution >= 4 is 77.0 Å². The van der Waals surface area contributed by atoms with Gasteiger partial charge in [0.25, 0.3) is 0 Å². The standard InChI is InChI=1S/C22H21BrN2S.C22H20N2S/c1-14-12-15(2)20(16(3)13-14)18-10-7-11-19(23)21(18)25-22(26)24-17-8-5-4-6-9-17;1-14-12-15(2)20(16(3)13-14)18-10-7-11-19-21(18)24-22(25-19)23-17-8-5-4-6-9-17/h4-13H,1-3H3,(H2,24,25,26);4-13H,1-3H3,(H,23,24). The zero-order valence-electron chi connectivity index (χ0n) is 29.7. The summed E-state index contributed by atoms with van der Waals surface area (Å²) >= 11 is 10.9. The quantitative estimate of drug-likeness (QED) is 0.147. The largest absolute Gasteiger partial charge is 0.332 e. The maximum Gasteiger partial charge on any atom is 0.188 e. The number of rotatable bonds is 6. The lowest BCUT2D eigenvalue weighted by atomic mass is 9.93. The van der Waals surface area contributed by atoms with Crippen LogP contribution in [0.25, 0.3) is 32.5 Å². The first kappa shape index (κ1) is 36.0. The molecule has 51 heavy (non-hydrogen) atoms. The van der Waals surface area contributed by atoms with Gasteiger partial charge in [0.1, 0.15) is 0 Å². The number of nitrogens with one attached hydrogen (secondary N) is 3. The summed E-state index contributed by atoms with van der Waals surface area (Å²) in [4.78, 5) is 4.90. The van der Waals surface area contributed by atoms with Crippen LogP contribution in [-0.2, 0) is 0 Å². The second-order valence-electron chi connectivity index (χ2n) is 12.8. The second-order valence-corrected chi connectivity index (χ2v) is 15.1. The van der Waals surface area contributed by atoms with Gasteiger partial charge in [0.15, 0.2) is 10.2 Å². The van der Waals surface area contributed by atoms with Crippen LogP contribution in [0.5, 0.6) is 0 Å². The molecule has 0 aliphatic heterocycles. The molecule has 0 bridgehead atoms. The molecule has 3 N–H and O–H groups in total. The van der Waals surface area contributed by atoms with Gasteiger partial charge in [-0.05, 0) is 139 Å². The van der Waals surface area contributed by atoms with Gasteiger partial charge in [0.2, 0.25) is 0 Å². The van der Waals surface area contributed by atoms with E-state index in [1.165, 1.54) is 54.8 Å². The van der Waals surface area contributed by atoms with Gasteiger partial charge < -0.3 is 16.0 Å². The van der Waals surface area contributed by atoms with Crippen molar-refractivity contribution in [2.24, 2.45) is 0 Å². The highest BCUT2D eigenvalue weighted by Crippen LogP contribution is 2.39. The van der Waals surface area contributed by atoms with Crippen LogP contribution in [0.4, 0.5) is 22.2 Å². The number of aryl methyl sites for hydroxylation is 6. The molecule has 256 valence electrons. The van der Waals surface area contributed by atoms with Gasteiger partial charge in [-0.15, -0.1) is 0 Å². The van der Waals surface area contributed by atoms with Gasteiger partial charge >= 0.3 is 0 Å². The summed E-state index contributed by atoms with van der Waals surface area (Å²) in [5, 5.41) is 11.5. The fourth-order valence-electron chi connectivity index (χ4n) is 6.72. The van der Waals surface area contributed by atoms with Crippen LogP contribution >= 0.6 is 39.5 Å². The van der Waals surface area contributed by atoms with E-state index in [2.05, 4.69) is 140 Å². The van der Waals surface area contributed by atoms with Crippen molar-refractivity contribution in [3.8, 4) is 22.3 Å². The minimum Gasteiger partial charge on any atom is -0.332 e. The summed E-state index contributed by atoms with van der Waals surface area (Å²) in [5.74, 6) is 0. The minimum absolute atomic E-state index is 0.562. The third kappa shape index (κ3) is 8.56. The van der Waals surface area contributed by atoms with Crippen molar-refractivity contribution in [3.63, 3.8) is 0 Å². The lowest BCUT2D eigenvalue weighted by Crippen LogP contribution is -2.19. The van der Waals surface area contributed by atoms with Gasteiger partial charge in [0, 0.05) is 27.0 Å². The van der Waals surface area contributed by atoms with Crippen molar-refractivity contribution in [3.05, 3.63) is 159 Å². The smallest absolute Gasteiger partial charge is 0.188 e. The average molecular weight is 770 g/mol. The van der Waals surface area contributed by atoms with Gasteiger partial charge in [-0.3, -0.25) is 0 Å². The van der Waals surface area contributed by atoms with Gasteiger partial charge in [-0.25, -0.2) is 4.98 Å². The number of anilines is 4. The van der Waals surface area contributed by atoms with E-state index >= 15 is 0 Å². The van der Waals surface area contributed by atoms with E-state index in [4.69, 9.17) is 17.2 Å². The zero-order chi connectivity index (χ0) is 36.1. The Balaban J connectivity index is 0.000000176. The third-order valence-electron chi connectivity index (χ3n) is 8.62. The molecule has 0 atom stereocenters. The fraction of sp³-hybridized carbons (Fsp3) is 0.136. The first-order valence-electron chi connectivity index (χ1n) is 16.9. The molecule has 0 saturated carbocycles. The molecule has 6 aromatic carbocycles. The molecule has 7 aromatic rings. The van der Waals surface area contributed by atoms with Crippen molar-refractivity contribution in [2.45, 2.75) is 41.5 Å². The summed E-state index contributed by atoms with van der Waals surface area (Å²) in [7, 11) is 0. The second kappa shape index (κ2) is 16.0. The summed E-state index contributed by atoms with van der Waals surface area (Å²) in [6, 6.07) is 41.7. The maximum atomic E-state index is 5.53. The molecule has 0 amide bonds. The normalized spacial score (nSPS) is 10.7. The van der Waals surface area contributed by atoms with Crippen LogP contribution in [0.2, 0.25) is 0 Å². The van der Waals surface area contributed by atoms with E-state index in [1.807, 2.05) is 54.6 Å². The number of halogens is 1. The highest BCUT2D eigenvalue weighted by Gasteiger charge is 2.16. The van der Waals surface area contributed by atoms with Crippen molar-refractivity contribution in [1.82, 2.24) is 4.98 Å². The molecular formula is C44H41BrN4S2. The molecule has 0 radical (unpaired) electrons. The Morgan fingerprint density at radius 2 is 1.10 bits per heavy atom. The molecule has 1 aromatic heterocycles. The van der Waals surface area contributed by atoms with E-state index in [0.29, 0.717) is 5.11 Å². The van der Waals surface area contributed by atoms with E-state index < -0.39 is 0 Å². The van der Waals surface area contributed by atoms with E-state index in [-0.39, 0.29) is 0 Å². The first-order chi connectivity index (χ1) is 24.6. The first-order valence-corrected chi connectivity index (χ1v) is 18.9. The molecule has 7 heteroatoms. The third-order valence-corrected chi connectivity index (χ3v) is 10.4. The van der Waals surface area contributed by atoms with Gasteiger partial charge in [-0.1, -0.05) is 107 Å². The summed E-state index contributed by atoms with van der Waals surface area (Å²) < 4.78 is 2.18. The van der Waals surface area contributed by atoms with Crippen LogP contribution in [0, 0.1) is 41.5 Å². The summed E-state index contributed by atoms with van der Waals surface area (Å²) in [6.45, 7) is 13.0. The summed E-state index contributed by atoms with van der Waals surface area (Å²) in [6.07, 6.45) is 0. The van der Waals surface area contributed by atoms with Crippen LogP contribution < -0.4 is 16.0 Å². The van der Waals surface area contributed by atoms with Crippen LogP contribution in [0.3, 0.4) is 0 Å². The molecule has 4 nitrogen and oxygen atoms in total. The number of fused-ring (bicyclic) bond motifs is 1. The predicted molar refractivity (Wildman–Crippen MR) is 229 cm³/mol. The number of benzene rings is 6. The number of para-hydroxylation sites is 4. The fourth-order valence-corrected chi connectivity index (χ4v) is 8.31. The van der Waals surface area contributed by atoms with Crippen molar-refractivity contribution in [2.75, 3.05) is 16.0 Å². The number of thiazole rings is 1. The summed E-state index contributed by atoms with van der Waals surface area (Å²) in [5.41, 5.74) is 16.6.